The molecule has 0 unspecified atom stereocenters. The number of rotatable bonds is 9. The molecule has 1 aromatic heterocycles. The van der Waals surface area contributed by atoms with Crippen LogP contribution in [0.25, 0.3) is 0 Å². The van der Waals surface area contributed by atoms with Gasteiger partial charge in [-0.3, -0.25) is 4.68 Å². The molecule has 0 aromatic carbocycles. The smallest absolute Gasteiger partial charge is 0.151 e. The summed E-state index contributed by atoms with van der Waals surface area (Å²) >= 11 is 0. The maximum atomic E-state index is 11.4. The molecule has 1 rings (SSSR count). The van der Waals surface area contributed by atoms with Crippen molar-refractivity contribution in [1.82, 2.24) is 15.1 Å². The highest BCUT2D eigenvalue weighted by atomic mass is 32.2. The van der Waals surface area contributed by atoms with E-state index in [1.807, 2.05) is 6.20 Å². The average molecular weight is 275 g/mol. The largest absolute Gasteiger partial charge is 0.383 e. The second-order valence-corrected chi connectivity index (χ2v) is 6.49. The molecule has 1 N–H and O–H groups in total. The lowest BCUT2D eigenvalue weighted by Gasteiger charge is -2.02. The summed E-state index contributed by atoms with van der Waals surface area (Å²) in [6.07, 6.45) is 3.61. The molecule has 0 aliphatic carbocycles. The monoisotopic (exact) mass is 275 g/mol. The average Bonchev–Trinajstić information content (AvgIpc) is 2.80. The fraction of sp³-hybridized carbons (Fsp3) is 0.727. The first-order valence-corrected chi connectivity index (χ1v) is 7.81. The minimum atomic E-state index is -2.93. The van der Waals surface area contributed by atoms with Gasteiger partial charge in [0, 0.05) is 37.7 Å². The fourth-order valence-corrected chi connectivity index (χ4v) is 2.16. The zero-order valence-corrected chi connectivity index (χ0v) is 11.7. The van der Waals surface area contributed by atoms with Gasteiger partial charge in [0.15, 0.2) is 9.84 Å². The molecule has 0 aliphatic heterocycles. The normalized spacial score (nSPS) is 11.9. The van der Waals surface area contributed by atoms with Crippen LogP contribution in [0.5, 0.6) is 0 Å². The van der Waals surface area contributed by atoms with Crippen LogP contribution in [-0.2, 0) is 27.7 Å². The van der Waals surface area contributed by atoms with Crippen LogP contribution in [0.15, 0.2) is 12.4 Å². The van der Waals surface area contributed by atoms with E-state index in [1.165, 1.54) is 0 Å². The van der Waals surface area contributed by atoms with Crippen molar-refractivity contribution in [3.63, 3.8) is 0 Å². The minimum absolute atomic E-state index is 0.141. The lowest BCUT2D eigenvalue weighted by atomic mass is 10.3. The van der Waals surface area contributed by atoms with Gasteiger partial charge in [-0.2, -0.15) is 5.10 Å². The number of hydrogen-bond acceptors (Lipinski definition) is 5. The first kappa shape index (κ1) is 15.1. The van der Waals surface area contributed by atoms with Crippen LogP contribution in [0.1, 0.15) is 12.5 Å². The van der Waals surface area contributed by atoms with Crippen molar-refractivity contribution in [2.45, 2.75) is 20.0 Å². The third-order valence-corrected chi connectivity index (χ3v) is 4.25. The van der Waals surface area contributed by atoms with Gasteiger partial charge in [0.1, 0.15) is 0 Å². The van der Waals surface area contributed by atoms with Crippen LogP contribution in [0.4, 0.5) is 0 Å². The van der Waals surface area contributed by atoms with Crippen LogP contribution >= 0.6 is 0 Å². The predicted molar refractivity (Wildman–Crippen MR) is 70.1 cm³/mol. The topological polar surface area (TPSA) is 73.2 Å². The van der Waals surface area contributed by atoms with E-state index in [9.17, 15) is 8.42 Å². The number of methoxy groups -OCH3 is 1. The Hall–Kier alpha value is -0.920. The summed E-state index contributed by atoms with van der Waals surface area (Å²) in [5.74, 6) is 0.321. The molecule has 0 bridgehead atoms. The van der Waals surface area contributed by atoms with Crippen LogP contribution in [0.3, 0.4) is 0 Å². The lowest BCUT2D eigenvalue weighted by Crippen LogP contribution is -2.18. The molecule has 104 valence electrons. The summed E-state index contributed by atoms with van der Waals surface area (Å²) in [6, 6.07) is 0. The number of nitrogens with zero attached hydrogens (tertiary/aromatic N) is 2. The molecule has 7 heteroatoms. The van der Waals surface area contributed by atoms with Gasteiger partial charge in [0.05, 0.1) is 25.1 Å². The van der Waals surface area contributed by atoms with E-state index in [0.29, 0.717) is 19.7 Å². The maximum absolute atomic E-state index is 11.4. The highest BCUT2D eigenvalue weighted by molar-refractivity contribution is 7.91. The first-order valence-electron chi connectivity index (χ1n) is 5.99. The molecule has 6 nitrogen and oxygen atoms in total. The van der Waals surface area contributed by atoms with Crippen LogP contribution in [-0.4, -0.2) is 50.0 Å². The molecule has 0 spiro atoms. The summed E-state index contributed by atoms with van der Waals surface area (Å²) < 4.78 is 29.3. The molecule has 0 saturated carbocycles. The van der Waals surface area contributed by atoms with E-state index in [4.69, 9.17) is 4.74 Å². The highest BCUT2D eigenvalue weighted by Crippen LogP contribution is 1.99. The number of aryl methyl sites for hydroxylation is 1. The van der Waals surface area contributed by atoms with Gasteiger partial charge < -0.3 is 10.1 Å². The minimum Gasteiger partial charge on any atom is -0.383 e. The van der Waals surface area contributed by atoms with Gasteiger partial charge in [-0.15, -0.1) is 0 Å². The number of aromatic nitrogens is 2. The van der Waals surface area contributed by atoms with Gasteiger partial charge >= 0.3 is 0 Å². The van der Waals surface area contributed by atoms with Gasteiger partial charge in [0.2, 0.25) is 0 Å². The summed E-state index contributed by atoms with van der Waals surface area (Å²) in [7, 11) is -1.27. The number of nitrogens with one attached hydrogen (secondary N) is 1. The molecule has 18 heavy (non-hydrogen) atoms. The third kappa shape index (κ3) is 5.61. The number of ether oxygens (including phenoxy) is 1. The van der Waals surface area contributed by atoms with Crippen LogP contribution in [0, 0.1) is 0 Å². The van der Waals surface area contributed by atoms with Crippen molar-refractivity contribution in [2.24, 2.45) is 0 Å². The van der Waals surface area contributed by atoms with Crippen molar-refractivity contribution in [1.29, 1.82) is 0 Å². The summed E-state index contributed by atoms with van der Waals surface area (Å²) in [5.41, 5.74) is 1.04. The standard InChI is InChI=1S/C11H21N3O3S/c1-3-18(15,16)7-5-14-10-11(9-13-14)8-12-4-6-17-2/h9-10,12H,3-8H2,1-2H3. The van der Waals surface area contributed by atoms with E-state index < -0.39 is 9.84 Å². The second kappa shape index (κ2) is 7.50. The Morgan fingerprint density at radius 2 is 2.28 bits per heavy atom. The van der Waals surface area contributed by atoms with E-state index in [-0.39, 0.29) is 11.5 Å². The summed E-state index contributed by atoms with van der Waals surface area (Å²) in [6.45, 7) is 4.23. The number of sulfone groups is 1. The van der Waals surface area contributed by atoms with E-state index in [2.05, 4.69) is 10.4 Å². The van der Waals surface area contributed by atoms with Crippen molar-refractivity contribution >= 4 is 9.84 Å². The molecule has 0 saturated heterocycles. The molecule has 0 atom stereocenters. The zero-order valence-electron chi connectivity index (χ0n) is 10.9. The zero-order chi connectivity index (χ0) is 13.4. The van der Waals surface area contributed by atoms with Gasteiger partial charge in [0.25, 0.3) is 0 Å². The van der Waals surface area contributed by atoms with Gasteiger partial charge in [-0.25, -0.2) is 8.42 Å². The fourth-order valence-electron chi connectivity index (χ4n) is 1.40. The molecular formula is C11H21N3O3S. The SMILES string of the molecule is CCS(=O)(=O)CCn1cc(CNCCOC)cn1. The van der Waals surface area contributed by atoms with E-state index >= 15 is 0 Å². The Labute approximate surface area is 108 Å². The lowest BCUT2D eigenvalue weighted by molar-refractivity contribution is 0.199. The van der Waals surface area contributed by atoms with Crippen LogP contribution in [0.2, 0.25) is 0 Å². The van der Waals surface area contributed by atoms with Crippen molar-refractivity contribution in [2.75, 3.05) is 31.8 Å². The predicted octanol–water partition coefficient (Wildman–Crippen LogP) is 0.0538. The Kier molecular flexibility index (Phi) is 6.31. The Bertz CT molecular complexity index is 442. The third-order valence-electron chi connectivity index (χ3n) is 2.57. The molecule has 1 aromatic rings. The second-order valence-electron chi connectivity index (χ2n) is 4.02. The van der Waals surface area contributed by atoms with Crippen molar-refractivity contribution in [3.8, 4) is 0 Å². The van der Waals surface area contributed by atoms with E-state index in [1.54, 1.807) is 24.9 Å². The van der Waals surface area contributed by atoms with Crippen molar-refractivity contribution < 1.29 is 13.2 Å². The molecule has 0 aliphatic rings. The quantitative estimate of drug-likeness (QED) is 0.645. The maximum Gasteiger partial charge on any atom is 0.151 e. The molecule has 0 fully saturated rings. The molecular weight excluding hydrogens is 254 g/mol. The first-order chi connectivity index (χ1) is 8.57. The van der Waals surface area contributed by atoms with Gasteiger partial charge in [-0.05, 0) is 0 Å². The van der Waals surface area contributed by atoms with Gasteiger partial charge in [-0.1, -0.05) is 6.92 Å². The molecule has 1 heterocycles. The van der Waals surface area contributed by atoms with Crippen molar-refractivity contribution in [3.05, 3.63) is 18.0 Å². The highest BCUT2D eigenvalue weighted by Gasteiger charge is 2.07. The molecule has 0 radical (unpaired) electrons. The molecule has 0 amide bonds. The van der Waals surface area contributed by atoms with Crippen LogP contribution < -0.4 is 5.32 Å². The Morgan fingerprint density at radius 1 is 1.50 bits per heavy atom. The summed E-state index contributed by atoms with van der Waals surface area (Å²) in [5, 5.41) is 7.34. The summed E-state index contributed by atoms with van der Waals surface area (Å²) in [4.78, 5) is 0. The number of hydrogen-bond donors (Lipinski definition) is 1. The Balaban J connectivity index is 2.34. The Morgan fingerprint density at radius 3 is 2.94 bits per heavy atom. The van der Waals surface area contributed by atoms with E-state index in [0.717, 1.165) is 12.1 Å².